The van der Waals surface area contributed by atoms with Gasteiger partial charge in [-0.05, 0) is 30.6 Å². The Bertz CT molecular complexity index is 319. The van der Waals surface area contributed by atoms with Crippen molar-refractivity contribution in [3.05, 3.63) is 0 Å². The number of carbonyl (C=O) groups is 2. The third-order valence-electron chi connectivity index (χ3n) is 4.09. The van der Waals surface area contributed by atoms with E-state index < -0.39 is 5.97 Å². The van der Waals surface area contributed by atoms with E-state index >= 15 is 0 Å². The molecule has 0 aromatic rings. The topological polar surface area (TPSA) is 69.6 Å². The summed E-state index contributed by atoms with van der Waals surface area (Å²) in [6, 6.07) is -0.0453. The van der Waals surface area contributed by atoms with Crippen molar-refractivity contribution in [3.63, 3.8) is 0 Å². The van der Waals surface area contributed by atoms with Crippen molar-refractivity contribution in [2.24, 2.45) is 17.8 Å². The quantitative estimate of drug-likeness (QED) is 0.651. The first kappa shape index (κ1) is 19.7. The van der Waals surface area contributed by atoms with Crippen LogP contribution in [0.15, 0.2) is 0 Å². The molecule has 0 aliphatic rings. The van der Waals surface area contributed by atoms with E-state index in [2.05, 4.69) is 33.0 Å². The van der Waals surface area contributed by atoms with E-state index in [-0.39, 0.29) is 12.5 Å². The number of carboxylic acids is 1. The number of hydrogen-bond donors (Lipinski definition) is 2. The predicted octanol–water partition coefficient (Wildman–Crippen LogP) is 3.20. The van der Waals surface area contributed by atoms with Crippen LogP contribution in [0.1, 0.15) is 53.4 Å². The van der Waals surface area contributed by atoms with Crippen LogP contribution in [0.3, 0.4) is 0 Å². The van der Waals surface area contributed by atoms with E-state index in [9.17, 15) is 9.59 Å². The smallest absolute Gasteiger partial charge is 0.317 e. The van der Waals surface area contributed by atoms with E-state index in [1.807, 2.05) is 7.05 Å². The molecule has 5 heteroatoms. The molecule has 0 saturated carbocycles. The lowest BCUT2D eigenvalue weighted by atomic mass is 9.88. The number of aliphatic carboxylic acids is 1. The van der Waals surface area contributed by atoms with Crippen LogP contribution < -0.4 is 5.32 Å². The Balaban J connectivity index is 4.07. The first-order chi connectivity index (χ1) is 9.77. The van der Waals surface area contributed by atoms with Crippen molar-refractivity contribution in [2.45, 2.75) is 53.4 Å². The zero-order valence-electron chi connectivity index (χ0n) is 14.2. The SMILES string of the molecule is CCC(C)CN(C)C(=O)NCCC(CCC(=O)O)C(C)C. The molecule has 21 heavy (non-hydrogen) atoms. The minimum atomic E-state index is -0.752. The molecule has 0 aromatic carbocycles. The average Bonchev–Trinajstić information content (AvgIpc) is 2.41. The van der Waals surface area contributed by atoms with Crippen molar-refractivity contribution < 1.29 is 14.7 Å². The van der Waals surface area contributed by atoms with Crippen LogP contribution in [0.4, 0.5) is 4.79 Å². The van der Waals surface area contributed by atoms with Crippen LogP contribution >= 0.6 is 0 Å². The molecule has 0 radical (unpaired) electrons. The highest BCUT2D eigenvalue weighted by molar-refractivity contribution is 5.73. The van der Waals surface area contributed by atoms with Crippen LogP contribution in [0, 0.1) is 17.8 Å². The molecule has 124 valence electrons. The fraction of sp³-hybridized carbons (Fsp3) is 0.875. The first-order valence-electron chi connectivity index (χ1n) is 7.98. The minimum absolute atomic E-state index is 0.0453. The third kappa shape index (κ3) is 9.32. The molecule has 0 aromatic heterocycles. The maximum absolute atomic E-state index is 11.9. The van der Waals surface area contributed by atoms with Crippen LogP contribution in [0.2, 0.25) is 0 Å². The summed E-state index contributed by atoms with van der Waals surface area (Å²) in [5.74, 6) is 0.512. The summed E-state index contributed by atoms with van der Waals surface area (Å²) in [6.45, 7) is 9.81. The van der Waals surface area contributed by atoms with E-state index in [0.717, 1.165) is 19.4 Å². The zero-order valence-corrected chi connectivity index (χ0v) is 14.2. The second-order valence-corrected chi connectivity index (χ2v) is 6.35. The molecule has 2 atom stereocenters. The Morgan fingerprint density at radius 3 is 2.29 bits per heavy atom. The van der Waals surface area contributed by atoms with Crippen molar-refractivity contribution in [1.82, 2.24) is 10.2 Å². The van der Waals surface area contributed by atoms with Gasteiger partial charge in [-0.25, -0.2) is 4.79 Å². The molecule has 2 unspecified atom stereocenters. The molecular formula is C16H32N2O3. The lowest BCUT2D eigenvalue weighted by molar-refractivity contribution is -0.137. The van der Waals surface area contributed by atoms with Gasteiger partial charge in [-0.15, -0.1) is 0 Å². The van der Waals surface area contributed by atoms with Crippen LogP contribution in [0.25, 0.3) is 0 Å². The summed E-state index contributed by atoms with van der Waals surface area (Å²) in [7, 11) is 1.81. The van der Waals surface area contributed by atoms with Crippen LogP contribution in [-0.4, -0.2) is 42.1 Å². The Morgan fingerprint density at radius 1 is 1.19 bits per heavy atom. The zero-order chi connectivity index (χ0) is 16.4. The van der Waals surface area contributed by atoms with Gasteiger partial charge in [0.15, 0.2) is 0 Å². The molecule has 0 bridgehead atoms. The number of nitrogens with zero attached hydrogens (tertiary/aromatic N) is 1. The van der Waals surface area contributed by atoms with Gasteiger partial charge in [-0.3, -0.25) is 4.79 Å². The van der Waals surface area contributed by atoms with Gasteiger partial charge in [0.1, 0.15) is 0 Å². The Morgan fingerprint density at radius 2 is 1.81 bits per heavy atom. The van der Waals surface area contributed by atoms with Gasteiger partial charge in [0.25, 0.3) is 0 Å². The van der Waals surface area contributed by atoms with E-state index in [1.165, 1.54) is 0 Å². The highest BCUT2D eigenvalue weighted by Gasteiger charge is 2.16. The average molecular weight is 300 g/mol. The first-order valence-corrected chi connectivity index (χ1v) is 7.98. The highest BCUT2D eigenvalue weighted by Crippen LogP contribution is 2.20. The summed E-state index contributed by atoms with van der Waals surface area (Å²) < 4.78 is 0. The molecule has 0 heterocycles. The second-order valence-electron chi connectivity index (χ2n) is 6.35. The monoisotopic (exact) mass is 300 g/mol. The summed E-state index contributed by atoms with van der Waals surface area (Å²) in [4.78, 5) is 24.3. The maximum atomic E-state index is 11.9. The highest BCUT2D eigenvalue weighted by atomic mass is 16.4. The summed E-state index contributed by atoms with van der Waals surface area (Å²) in [5, 5.41) is 11.7. The molecule has 0 saturated heterocycles. The lowest BCUT2D eigenvalue weighted by Gasteiger charge is -2.23. The molecule has 0 aliphatic carbocycles. The number of carbonyl (C=O) groups excluding carboxylic acids is 1. The second kappa shape index (κ2) is 10.5. The molecule has 0 spiro atoms. The van der Waals surface area contributed by atoms with Crippen molar-refractivity contribution in [2.75, 3.05) is 20.1 Å². The van der Waals surface area contributed by atoms with Crippen molar-refractivity contribution in [3.8, 4) is 0 Å². The fourth-order valence-corrected chi connectivity index (χ4v) is 2.30. The van der Waals surface area contributed by atoms with Gasteiger partial charge < -0.3 is 15.3 Å². The number of nitrogens with one attached hydrogen (secondary N) is 1. The van der Waals surface area contributed by atoms with Gasteiger partial charge >= 0.3 is 12.0 Å². The summed E-state index contributed by atoms with van der Waals surface area (Å²) >= 11 is 0. The van der Waals surface area contributed by atoms with Gasteiger partial charge in [0.2, 0.25) is 0 Å². The van der Waals surface area contributed by atoms with Crippen LogP contribution in [-0.2, 0) is 4.79 Å². The summed E-state index contributed by atoms with van der Waals surface area (Å²) in [5.41, 5.74) is 0. The number of carboxylic acid groups (broad SMARTS) is 1. The van der Waals surface area contributed by atoms with Gasteiger partial charge in [0, 0.05) is 26.6 Å². The Kier molecular flexibility index (Phi) is 9.84. The molecule has 0 aliphatic heterocycles. The van der Waals surface area contributed by atoms with Crippen molar-refractivity contribution >= 4 is 12.0 Å². The van der Waals surface area contributed by atoms with Gasteiger partial charge in [-0.2, -0.15) is 0 Å². The van der Waals surface area contributed by atoms with Crippen molar-refractivity contribution in [1.29, 1.82) is 0 Å². The standard InChI is InChI=1S/C16H32N2O3/c1-6-13(4)11-18(5)16(21)17-10-9-14(12(2)3)7-8-15(19)20/h12-14H,6-11H2,1-5H3,(H,17,21)(H,19,20). The predicted molar refractivity (Wildman–Crippen MR) is 85.3 cm³/mol. The maximum Gasteiger partial charge on any atom is 0.317 e. The molecule has 0 fully saturated rings. The molecule has 0 rings (SSSR count). The summed E-state index contributed by atoms with van der Waals surface area (Å²) in [6.07, 6.45) is 2.76. The number of urea groups is 1. The molecule has 2 N–H and O–H groups in total. The van der Waals surface area contributed by atoms with Gasteiger partial charge in [0.05, 0.1) is 0 Å². The number of rotatable bonds is 10. The Hall–Kier alpha value is -1.26. The van der Waals surface area contributed by atoms with Crippen LogP contribution in [0.5, 0.6) is 0 Å². The Labute approximate surface area is 129 Å². The molecule has 2 amide bonds. The lowest BCUT2D eigenvalue weighted by Crippen LogP contribution is -2.40. The number of hydrogen-bond acceptors (Lipinski definition) is 2. The third-order valence-corrected chi connectivity index (χ3v) is 4.09. The van der Waals surface area contributed by atoms with E-state index in [0.29, 0.717) is 30.7 Å². The van der Waals surface area contributed by atoms with E-state index in [4.69, 9.17) is 5.11 Å². The van der Waals surface area contributed by atoms with Gasteiger partial charge in [-0.1, -0.05) is 34.1 Å². The number of amides is 2. The molecular weight excluding hydrogens is 268 g/mol. The minimum Gasteiger partial charge on any atom is -0.481 e. The largest absolute Gasteiger partial charge is 0.481 e. The normalized spacial score (nSPS) is 13.8. The fourth-order valence-electron chi connectivity index (χ4n) is 2.30. The van der Waals surface area contributed by atoms with E-state index in [1.54, 1.807) is 4.90 Å². The molecule has 5 nitrogen and oxygen atoms in total.